The molecule has 1 heterocycles. The summed E-state index contributed by atoms with van der Waals surface area (Å²) in [4.78, 5) is 0. The SMILES string of the molecule is NC1(N)OC2C=CC1C2. The Bertz CT molecular complexity index is 164. The van der Waals surface area contributed by atoms with Crippen molar-refractivity contribution >= 4 is 0 Å². The van der Waals surface area contributed by atoms with Crippen LogP contribution in [0.1, 0.15) is 6.42 Å². The van der Waals surface area contributed by atoms with Gasteiger partial charge in [0.05, 0.1) is 6.10 Å². The molecular formula is C6H10N2O. The fourth-order valence-corrected chi connectivity index (χ4v) is 1.44. The summed E-state index contributed by atoms with van der Waals surface area (Å²) in [7, 11) is 0. The highest BCUT2D eigenvalue weighted by Gasteiger charge is 2.44. The van der Waals surface area contributed by atoms with Crippen LogP contribution in [0.15, 0.2) is 12.2 Å². The largest absolute Gasteiger partial charge is 0.340 e. The average molecular weight is 126 g/mol. The van der Waals surface area contributed by atoms with Gasteiger partial charge in [0, 0.05) is 5.92 Å². The molecule has 2 bridgehead atoms. The highest BCUT2D eigenvalue weighted by molar-refractivity contribution is 5.13. The number of ether oxygens (including phenoxy) is 1. The zero-order valence-corrected chi connectivity index (χ0v) is 5.08. The van der Waals surface area contributed by atoms with Crippen LogP contribution in [0, 0.1) is 5.92 Å². The smallest absolute Gasteiger partial charge is 0.176 e. The lowest BCUT2D eigenvalue weighted by molar-refractivity contribution is -0.0340. The molecule has 0 amide bonds. The third kappa shape index (κ3) is 0.625. The van der Waals surface area contributed by atoms with Gasteiger partial charge < -0.3 is 4.74 Å². The van der Waals surface area contributed by atoms with Gasteiger partial charge in [0.1, 0.15) is 0 Å². The first kappa shape index (κ1) is 5.41. The minimum atomic E-state index is -0.876. The molecule has 1 fully saturated rings. The standard InChI is InChI=1S/C6H10N2O/c7-6(8)4-1-2-5(3-4)9-6/h1-2,4-5H,3,7-8H2. The van der Waals surface area contributed by atoms with Crippen LogP contribution in [0.2, 0.25) is 0 Å². The number of rotatable bonds is 0. The van der Waals surface area contributed by atoms with E-state index in [1.54, 1.807) is 0 Å². The van der Waals surface area contributed by atoms with Crippen molar-refractivity contribution in [3.05, 3.63) is 12.2 Å². The summed E-state index contributed by atoms with van der Waals surface area (Å²) in [5.41, 5.74) is 11.1. The molecule has 4 N–H and O–H groups in total. The van der Waals surface area contributed by atoms with E-state index in [0.717, 1.165) is 6.42 Å². The summed E-state index contributed by atoms with van der Waals surface area (Å²) in [5.74, 6) is -0.637. The highest BCUT2D eigenvalue weighted by atomic mass is 16.5. The molecule has 1 saturated heterocycles. The molecule has 0 radical (unpaired) electrons. The van der Waals surface area contributed by atoms with Crippen LogP contribution >= 0.6 is 0 Å². The lowest BCUT2D eigenvalue weighted by Gasteiger charge is -2.25. The zero-order valence-electron chi connectivity index (χ0n) is 5.08. The maximum Gasteiger partial charge on any atom is 0.176 e. The predicted molar refractivity (Wildman–Crippen MR) is 33.2 cm³/mol. The van der Waals surface area contributed by atoms with Crippen molar-refractivity contribution in [2.75, 3.05) is 0 Å². The Balaban J connectivity index is 2.29. The van der Waals surface area contributed by atoms with E-state index in [2.05, 4.69) is 0 Å². The Morgan fingerprint density at radius 2 is 2.22 bits per heavy atom. The molecule has 1 aliphatic heterocycles. The number of hydrogen-bond donors (Lipinski definition) is 2. The molecule has 2 rings (SSSR count). The van der Waals surface area contributed by atoms with Crippen molar-refractivity contribution in [1.82, 2.24) is 0 Å². The second-order valence-electron chi connectivity index (χ2n) is 2.74. The van der Waals surface area contributed by atoms with Crippen molar-refractivity contribution in [3.63, 3.8) is 0 Å². The molecule has 0 aromatic rings. The summed E-state index contributed by atoms with van der Waals surface area (Å²) in [6, 6.07) is 0. The minimum absolute atomic E-state index is 0.185. The van der Waals surface area contributed by atoms with Crippen molar-refractivity contribution in [3.8, 4) is 0 Å². The van der Waals surface area contributed by atoms with Gasteiger partial charge in [-0.05, 0) is 6.42 Å². The number of hydrogen-bond acceptors (Lipinski definition) is 3. The first-order chi connectivity index (χ1) is 4.18. The van der Waals surface area contributed by atoms with Crippen LogP contribution in [0.4, 0.5) is 0 Å². The Morgan fingerprint density at radius 3 is 2.44 bits per heavy atom. The van der Waals surface area contributed by atoms with Gasteiger partial charge >= 0.3 is 0 Å². The molecule has 0 aromatic heterocycles. The topological polar surface area (TPSA) is 61.3 Å². The van der Waals surface area contributed by atoms with Gasteiger partial charge in [-0.15, -0.1) is 0 Å². The molecule has 2 unspecified atom stereocenters. The molecule has 2 aliphatic rings. The van der Waals surface area contributed by atoms with Crippen molar-refractivity contribution in [1.29, 1.82) is 0 Å². The van der Waals surface area contributed by atoms with Gasteiger partial charge in [-0.1, -0.05) is 12.2 Å². The van der Waals surface area contributed by atoms with Gasteiger partial charge in [0.25, 0.3) is 0 Å². The summed E-state index contributed by atoms with van der Waals surface area (Å²) in [5, 5.41) is 0. The Labute approximate surface area is 53.7 Å². The fourth-order valence-electron chi connectivity index (χ4n) is 1.44. The lowest BCUT2D eigenvalue weighted by Crippen LogP contribution is -2.54. The number of fused-ring (bicyclic) bond motifs is 2. The van der Waals surface area contributed by atoms with Gasteiger partial charge in [-0.3, -0.25) is 11.5 Å². The van der Waals surface area contributed by atoms with Crippen molar-refractivity contribution < 1.29 is 4.74 Å². The van der Waals surface area contributed by atoms with Crippen LogP contribution < -0.4 is 11.5 Å². The summed E-state index contributed by atoms with van der Waals surface area (Å²) in [6.07, 6.45) is 5.20. The lowest BCUT2D eigenvalue weighted by atomic mass is 10.1. The molecule has 0 spiro atoms. The highest BCUT2D eigenvalue weighted by Crippen LogP contribution is 2.35. The van der Waals surface area contributed by atoms with Gasteiger partial charge in [0.2, 0.25) is 0 Å². The van der Waals surface area contributed by atoms with E-state index in [9.17, 15) is 0 Å². The maximum atomic E-state index is 5.57. The van der Waals surface area contributed by atoms with Crippen LogP contribution in [0.3, 0.4) is 0 Å². The molecule has 0 saturated carbocycles. The van der Waals surface area contributed by atoms with Gasteiger partial charge in [0.15, 0.2) is 5.85 Å². The van der Waals surface area contributed by atoms with Gasteiger partial charge in [-0.2, -0.15) is 0 Å². The normalized spacial score (nSPS) is 44.2. The van der Waals surface area contributed by atoms with E-state index in [-0.39, 0.29) is 12.0 Å². The van der Waals surface area contributed by atoms with Gasteiger partial charge in [-0.25, -0.2) is 0 Å². The summed E-state index contributed by atoms with van der Waals surface area (Å²) in [6.45, 7) is 0. The molecule has 50 valence electrons. The van der Waals surface area contributed by atoms with E-state index >= 15 is 0 Å². The third-order valence-corrected chi connectivity index (χ3v) is 1.98. The Kier molecular flexibility index (Phi) is 0.822. The first-order valence-corrected chi connectivity index (χ1v) is 3.12. The second-order valence-corrected chi connectivity index (χ2v) is 2.74. The molecule has 3 heteroatoms. The van der Waals surface area contributed by atoms with E-state index in [0.29, 0.717) is 0 Å². The van der Waals surface area contributed by atoms with E-state index in [1.807, 2.05) is 12.2 Å². The molecule has 2 atom stereocenters. The molecule has 0 aromatic carbocycles. The quantitative estimate of drug-likeness (QED) is 0.341. The van der Waals surface area contributed by atoms with E-state index < -0.39 is 5.85 Å². The zero-order chi connectivity index (χ0) is 6.48. The van der Waals surface area contributed by atoms with Crippen molar-refractivity contribution in [2.24, 2.45) is 17.4 Å². The van der Waals surface area contributed by atoms with E-state index in [1.165, 1.54) is 0 Å². The van der Waals surface area contributed by atoms with E-state index in [4.69, 9.17) is 16.2 Å². The van der Waals surface area contributed by atoms with Crippen LogP contribution in [0.5, 0.6) is 0 Å². The van der Waals surface area contributed by atoms with Crippen LogP contribution in [-0.2, 0) is 4.74 Å². The predicted octanol–water partition coefficient (Wildman–Crippen LogP) is -0.468. The first-order valence-electron chi connectivity index (χ1n) is 3.12. The maximum absolute atomic E-state index is 5.57. The number of nitrogens with two attached hydrogens (primary N) is 2. The molecule has 9 heavy (non-hydrogen) atoms. The molecule has 1 aliphatic carbocycles. The molecular weight excluding hydrogens is 116 g/mol. The average Bonchev–Trinajstić information content (AvgIpc) is 2.19. The molecule has 3 nitrogen and oxygen atoms in total. The summed E-state index contributed by atoms with van der Waals surface area (Å²) < 4.78 is 5.22. The third-order valence-electron chi connectivity index (χ3n) is 1.98. The summed E-state index contributed by atoms with van der Waals surface area (Å²) >= 11 is 0. The Hall–Kier alpha value is -0.380. The van der Waals surface area contributed by atoms with Crippen LogP contribution in [-0.4, -0.2) is 12.0 Å². The monoisotopic (exact) mass is 126 g/mol. The fraction of sp³-hybridized carbons (Fsp3) is 0.667. The Morgan fingerprint density at radius 1 is 1.44 bits per heavy atom. The van der Waals surface area contributed by atoms with Crippen molar-refractivity contribution in [2.45, 2.75) is 18.4 Å². The minimum Gasteiger partial charge on any atom is -0.340 e. The second kappa shape index (κ2) is 1.37. The van der Waals surface area contributed by atoms with Crippen LogP contribution in [0.25, 0.3) is 0 Å².